The van der Waals surface area contributed by atoms with E-state index in [-0.39, 0.29) is 11.8 Å². The van der Waals surface area contributed by atoms with Crippen LogP contribution in [0.4, 0.5) is 5.13 Å². The number of carbonyl (C=O) groups excluding carboxylic acids is 2. The number of likely N-dealkylation sites (N-methyl/N-ethyl adjacent to an activating group) is 1. The number of carbonyl (C=O) groups is 2. The molecule has 1 aliphatic carbocycles. The summed E-state index contributed by atoms with van der Waals surface area (Å²) in [5.41, 5.74) is 0.717. The number of anilines is 1. The van der Waals surface area contributed by atoms with E-state index in [1.54, 1.807) is 6.07 Å². The zero-order chi connectivity index (χ0) is 16.9. The molecule has 1 fully saturated rings. The van der Waals surface area contributed by atoms with Crippen molar-refractivity contribution in [1.82, 2.24) is 9.88 Å². The van der Waals surface area contributed by atoms with Crippen LogP contribution < -0.4 is 5.32 Å². The second-order valence-corrected chi connectivity index (χ2v) is 7.85. The predicted molar refractivity (Wildman–Crippen MR) is 97.7 cm³/mol. The molecule has 0 radical (unpaired) electrons. The Morgan fingerprint density at radius 3 is 2.79 bits per heavy atom. The standard InChI is InChI=1S/C17H21N3O2S2/c1-20(13-6-3-2-4-7-13)15(21)10-12-11-24-17(18-12)19-16(22)14-8-5-9-23-14/h5,8-9,11,13H,2-4,6-7,10H2,1H3,(H,18,19,22). The largest absolute Gasteiger partial charge is 0.342 e. The van der Waals surface area contributed by atoms with E-state index < -0.39 is 0 Å². The Labute approximate surface area is 149 Å². The number of nitrogens with one attached hydrogen (secondary N) is 1. The van der Waals surface area contributed by atoms with Crippen molar-refractivity contribution >= 4 is 39.6 Å². The van der Waals surface area contributed by atoms with Crippen LogP contribution in [0.2, 0.25) is 0 Å². The van der Waals surface area contributed by atoms with E-state index in [0.29, 0.717) is 28.2 Å². The predicted octanol–water partition coefficient (Wildman–Crippen LogP) is 3.79. The summed E-state index contributed by atoms with van der Waals surface area (Å²) >= 11 is 2.75. The summed E-state index contributed by atoms with van der Waals surface area (Å²) in [5, 5.41) is 7.03. The topological polar surface area (TPSA) is 62.3 Å². The van der Waals surface area contributed by atoms with E-state index in [4.69, 9.17) is 0 Å². The van der Waals surface area contributed by atoms with Crippen LogP contribution in [0.3, 0.4) is 0 Å². The van der Waals surface area contributed by atoms with Gasteiger partial charge in [0.25, 0.3) is 5.91 Å². The Bertz CT molecular complexity index is 691. The fourth-order valence-electron chi connectivity index (χ4n) is 2.96. The quantitative estimate of drug-likeness (QED) is 0.879. The highest BCUT2D eigenvalue weighted by Gasteiger charge is 2.22. The molecule has 0 saturated heterocycles. The van der Waals surface area contributed by atoms with Crippen LogP contribution in [0.1, 0.15) is 47.5 Å². The lowest BCUT2D eigenvalue weighted by Gasteiger charge is -2.31. The third-order valence-corrected chi connectivity index (χ3v) is 6.04. The summed E-state index contributed by atoms with van der Waals surface area (Å²) in [7, 11) is 1.89. The van der Waals surface area contributed by atoms with Crippen LogP contribution >= 0.6 is 22.7 Å². The van der Waals surface area contributed by atoms with Crippen molar-refractivity contribution in [3.8, 4) is 0 Å². The van der Waals surface area contributed by atoms with E-state index in [9.17, 15) is 9.59 Å². The van der Waals surface area contributed by atoms with Gasteiger partial charge in [-0.25, -0.2) is 4.98 Å². The molecule has 128 valence electrons. The highest BCUT2D eigenvalue weighted by molar-refractivity contribution is 7.14. The van der Waals surface area contributed by atoms with E-state index in [0.717, 1.165) is 12.8 Å². The lowest BCUT2D eigenvalue weighted by atomic mass is 9.94. The normalized spacial score (nSPS) is 15.2. The summed E-state index contributed by atoms with van der Waals surface area (Å²) in [5.74, 6) is -0.0557. The average molecular weight is 364 g/mol. The third-order valence-electron chi connectivity index (χ3n) is 4.37. The van der Waals surface area contributed by atoms with Gasteiger partial charge in [0.2, 0.25) is 5.91 Å². The molecule has 0 spiro atoms. The zero-order valence-electron chi connectivity index (χ0n) is 13.7. The molecule has 0 atom stereocenters. The minimum absolute atomic E-state index is 0.100. The Morgan fingerprint density at radius 1 is 1.29 bits per heavy atom. The van der Waals surface area contributed by atoms with E-state index in [1.807, 2.05) is 28.8 Å². The molecule has 0 aromatic carbocycles. The van der Waals surface area contributed by atoms with E-state index in [1.165, 1.54) is 41.9 Å². The Morgan fingerprint density at radius 2 is 2.08 bits per heavy atom. The van der Waals surface area contributed by atoms with Gasteiger partial charge >= 0.3 is 0 Å². The van der Waals surface area contributed by atoms with Crippen LogP contribution in [0, 0.1) is 0 Å². The fraction of sp³-hybridized carbons (Fsp3) is 0.471. The highest BCUT2D eigenvalue weighted by atomic mass is 32.1. The number of thiophene rings is 1. The molecule has 3 rings (SSSR count). The van der Waals surface area contributed by atoms with Crippen molar-refractivity contribution in [2.75, 3.05) is 12.4 Å². The summed E-state index contributed by atoms with van der Waals surface area (Å²) in [6.07, 6.45) is 6.18. The van der Waals surface area contributed by atoms with Crippen LogP contribution in [-0.4, -0.2) is 34.8 Å². The summed E-state index contributed by atoms with van der Waals surface area (Å²) in [6, 6.07) is 3.98. The lowest BCUT2D eigenvalue weighted by Crippen LogP contribution is -2.39. The number of rotatable bonds is 5. The number of aromatic nitrogens is 1. The molecule has 0 unspecified atom stereocenters. The molecule has 2 amide bonds. The molecule has 1 saturated carbocycles. The maximum absolute atomic E-state index is 12.4. The average Bonchev–Trinajstić information content (AvgIpc) is 3.27. The molecule has 7 heteroatoms. The monoisotopic (exact) mass is 363 g/mol. The first kappa shape index (κ1) is 17.1. The molecule has 24 heavy (non-hydrogen) atoms. The van der Waals surface area contributed by atoms with Crippen molar-refractivity contribution < 1.29 is 9.59 Å². The lowest BCUT2D eigenvalue weighted by molar-refractivity contribution is -0.131. The van der Waals surface area contributed by atoms with Gasteiger partial charge in [-0.3, -0.25) is 14.9 Å². The summed E-state index contributed by atoms with van der Waals surface area (Å²) < 4.78 is 0. The third kappa shape index (κ3) is 4.21. The Balaban J connectivity index is 1.55. The Hall–Kier alpha value is -1.73. The van der Waals surface area contributed by atoms with Gasteiger partial charge in [-0.05, 0) is 24.3 Å². The second-order valence-electron chi connectivity index (χ2n) is 6.05. The minimum Gasteiger partial charge on any atom is -0.342 e. The summed E-state index contributed by atoms with van der Waals surface area (Å²) in [6.45, 7) is 0. The van der Waals surface area contributed by atoms with Gasteiger partial charge in [-0.1, -0.05) is 25.3 Å². The minimum atomic E-state index is -0.156. The number of hydrogen-bond donors (Lipinski definition) is 1. The van der Waals surface area contributed by atoms with Crippen LogP contribution in [0.15, 0.2) is 22.9 Å². The van der Waals surface area contributed by atoms with Gasteiger partial charge in [-0.2, -0.15) is 0 Å². The van der Waals surface area contributed by atoms with Crippen LogP contribution in [0.25, 0.3) is 0 Å². The molecule has 2 aromatic rings. The second kappa shape index (κ2) is 7.90. The van der Waals surface area contributed by atoms with Crippen molar-refractivity contribution in [3.05, 3.63) is 33.5 Å². The molecule has 1 N–H and O–H groups in total. The van der Waals surface area contributed by atoms with E-state index >= 15 is 0 Å². The van der Waals surface area contributed by atoms with Crippen LogP contribution in [0.5, 0.6) is 0 Å². The van der Waals surface area contributed by atoms with Gasteiger partial charge in [0, 0.05) is 18.5 Å². The van der Waals surface area contributed by atoms with Crippen molar-refractivity contribution in [1.29, 1.82) is 0 Å². The molecule has 0 bridgehead atoms. The van der Waals surface area contributed by atoms with Crippen molar-refractivity contribution in [2.24, 2.45) is 0 Å². The first-order valence-corrected chi connectivity index (χ1v) is 9.94. The van der Waals surface area contributed by atoms with Crippen molar-refractivity contribution in [2.45, 2.75) is 44.6 Å². The number of amides is 2. The van der Waals surface area contributed by atoms with Crippen molar-refractivity contribution in [3.63, 3.8) is 0 Å². The number of thiazole rings is 1. The first-order chi connectivity index (χ1) is 11.6. The van der Waals surface area contributed by atoms with Gasteiger partial charge < -0.3 is 4.90 Å². The molecule has 2 heterocycles. The number of hydrogen-bond acceptors (Lipinski definition) is 5. The van der Waals surface area contributed by atoms with Gasteiger partial charge in [0.15, 0.2) is 5.13 Å². The molecule has 2 aromatic heterocycles. The number of nitrogens with zero attached hydrogens (tertiary/aromatic N) is 2. The molecule has 0 aliphatic heterocycles. The molecule has 5 nitrogen and oxygen atoms in total. The maximum Gasteiger partial charge on any atom is 0.267 e. The molecule has 1 aliphatic rings. The molecular weight excluding hydrogens is 342 g/mol. The molecular formula is C17H21N3O2S2. The van der Waals surface area contributed by atoms with Crippen LogP contribution in [-0.2, 0) is 11.2 Å². The SMILES string of the molecule is CN(C(=O)Cc1csc(NC(=O)c2cccs2)n1)C1CCCCC1. The van der Waals surface area contributed by atoms with Gasteiger partial charge in [-0.15, -0.1) is 22.7 Å². The Kier molecular flexibility index (Phi) is 5.63. The van der Waals surface area contributed by atoms with Gasteiger partial charge in [0.1, 0.15) is 0 Å². The highest BCUT2D eigenvalue weighted by Crippen LogP contribution is 2.23. The fourth-order valence-corrected chi connectivity index (χ4v) is 4.29. The zero-order valence-corrected chi connectivity index (χ0v) is 15.3. The maximum atomic E-state index is 12.4. The summed E-state index contributed by atoms with van der Waals surface area (Å²) in [4.78, 5) is 31.3. The first-order valence-electron chi connectivity index (χ1n) is 8.18. The van der Waals surface area contributed by atoms with Gasteiger partial charge in [0.05, 0.1) is 17.0 Å². The van der Waals surface area contributed by atoms with E-state index in [2.05, 4.69) is 10.3 Å². The smallest absolute Gasteiger partial charge is 0.267 e.